The Morgan fingerprint density at radius 3 is 1.44 bits per heavy atom. The number of fused-ring (bicyclic) bond motifs is 5. The maximum Gasteiger partial charge on any atom is -0.00263 e. The van der Waals surface area contributed by atoms with Gasteiger partial charge in [0, 0.05) is 0 Å². The molecule has 186 valence electrons. The highest BCUT2D eigenvalue weighted by Crippen LogP contribution is 2.44. The second-order valence-corrected chi connectivity index (χ2v) is 10.7. The van der Waals surface area contributed by atoms with Crippen molar-refractivity contribution in [2.24, 2.45) is 0 Å². The van der Waals surface area contributed by atoms with Crippen molar-refractivity contribution in [3.63, 3.8) is 0 Å². The van der Waals surface area contributed by atoms with Crippen LogP contribution >= 0.6 is 0 Å². The maximum atomic E-state index is 4.34. The molecule has 0 aliphatic heterocycles. The number of hydrogen-bond donors (Lipinski definition) is 0. The van der Waals surface area contributed by atoms with Gasteiger partial charge in [-0.2, -0.15) is 0 Å². The van der Waals surface area contributed by atoms with Gasteiger partial charge in [0.1, 0.15) is 0 Å². The summed E-state index contributed by atoms with van der Waals surface area (Å²) in [5.74, 6) is 0. The van der Waals surface area contributed by atoms with Crippen molar-refractivity contribution in [2.45, 2.75) is 20.8 Å². The Bertz CT molecular complexity index is 2050. The number of aryl methyl sites for hydroxylation is 2. The van der Waals surface area contributed by atoms with E-state index in [9.17, 15) is 0 Å². The first-order chi connectivity index (χ1) is 19.0. The molecule has 0 saturated heterocycles. The largest absolute Gasteiger partial charge is 0.0955 e. The van der Waals surface area contributed by atoms with E-state index in [4.69, 9.17) is 0 Å². The molecule has 0 radical (unpaired) electrons. The number of allylic oxidation sites excluding steroid dienone is 1. The fraction of sp³-hybridized carbons (Fsp3) is 0.0769. The lowest BCUT2D eigenvalue weighted by Gasteiger charge is -2.20. The molecule has 0 nitrogen and oxygen atoms in total. The van der Waals surface area contributed by atoms with E-state index in [0.717, 1.165) is 5.57 Å². The minimum Gasteiger partial charge on any atom is -0.0955 e. The maximum absolute atomic E-state index is 4.34. The normalized spacial score (nSPS) is 11.6. The van der Waals surface area contributed by atoms with Gasteiger partial charge in [0.05, 0.1) is 0 Å². The van der Waals surface area contributed by atoms with Crippen molar-refractivity contribution in [1.82, 2.24) is 0 Å². The van der Waals surface area contributed by atoms with Crippen LogP contribution < -0.4 is 0 Å². The third-order valence-corrected chi connectivity index (χ3v) is 8.34. The van der Waals surface area contributed by atoms with Crippen LogP contribution in [0.4, 0.5) is 0 Å². The molecule has 0 aliphatic rings. The first kappa shape index (κ1) is 23.4. The molecule has 0 atom stereocenters. The average molecular weight is 499 g/mol. The monoisotopic (exact) mass is 498 g/mol. The van der Waals surface area contributed by atoms with Gasteiger partial charge in [-0.15, -0.1) is 0 Å². The molecule has 0 heteroatoms. The first-order valence-corrected chi connectivity index (χ1v) is 13.7. The van der Waals surface area contributed by atoms with Crippen LogP contribution in [0.1, 0.15) is 23.6 Å². The Labute approximate surface area is 229 Å². The molecule has 0 amide bonds. The lowest BCUT2D eigenvalue weighted by molar-refractivity contribution is 1.44. The molecule has 0 unspecified atom stereocenters. The van der Waals surface area contributed by atoms with Crippen molar-refractivity contribution in [2.75, 3.05) is 0 Å². The van der Waals surface area contributed by atoms with Gasteiger partial charge in [-0.05, 0) is 108 Å². The highest BCUT2D eigenvalue weighted by Gasteiger charge is 2.18. The SMILES string of the molecule is C=C(C)c1c2ccccc2c(-c2ccc(-c3c(C)c4ccccc4c4ccccc34)c(C)c2)c2ccccc12. The molecule has 0 fully saturated rings. The summed E-state index contributed by atoms with van der Waals surface area (Å²) in [4.78, 5) is 0. The molecule has 7 rings (SSSR count). The van der Waals surface area contributed by atoms with Gasteiger partial charge < -0.3 is 0 Å². The van der Waals surface area contributed by atoms with E-state index in [0.29, 0.717) is 0 Å². The van der Waals surface area contributed by atoms with Crippen LogP contribution in [0.2, 0.25) is 0 Å². The molecule has 0 bridgehead atoms. The second-order valence-electron chi connectivity index (χ2n) is 10.7. The van der Waals surface area contributed by atoms with Crippen molar-refractivity contribution in [1.29, 1.82) is 0 Å². The Hall–Kier alpha value is -4.68. The molecule has 7 aromatic carbocycles. The van der Waals surface area contributed by atoms with Crippen LogP contribution in [0.5, 0.6) is 0 Å². The van der Waals surface area contributed by atoms with Gasteiger partial charge in [-0.3, -0.25) is 0 Å². The van der Waals surface area contributed by atoms with Gasteiger partial charge in [0.2, 0.25) is 0 Å². The molecule has 0 heterocycles. The van der Waals surface area contributed by atoms with Crippen molar-refractivity contribution in [3.8, 4) is 22.3 Å². The van der Waals surface area contributed by atoms with Crippen LogP contribution in [0.3, 0.4) is 0 Å². The van der Waals surface area contributed by atoms with Crippen LogP contribution in [-0.4, -0.2) is 0 Å². The van der Waals surface area contributed by atoms with Gasteiger partial charge in [0.15, 0.2) is 0 Å². The number of hydrogen-bond acceptors (Lipinski definition) is 0. The first-order valence-electron chi connectivity index (χ1n) is 13.7. The average Bonchev–Trinajstić information content (AvgIpc) is 2.96. The molecule has 0 aromatic heterocycles. The zero-order chi connectivity index (χ0) is 26.7. The van der Waals surface area contributed by atoms with Gasteiger partial charge in [0.25, 0.3) is 0 Å². The van der Waals surface area contributed by atoms with Gasteiger partial charge >= 0.3 is 0 Å². The topological polar surface area (TPSA) is 0 Å². The van der Waals surface area contributed by atoms with Crippen molar-refractivity contribution in [3.05, 3.63) is 139 Å². The molecule has 0 aliphatic carbocycles. The summed E-state index contributed by atoms with van der Waals surface area (Å²) in [6.07, 6.45) is 0. The van der Waals surface area contributed by atoms with E-state index in [1.807, 2.05) is 0 Å². The Morgan fingerprint density at radius 1 is 0.487 bits per heavy atom. The molecule has 0 saturated carbocycles. The van der Waals surface area contributed by atoms with E-state index in [-0.39, 0.29) is 0 Å². The Morgan fingerprint density at radius 2 is 0.923 bits per heavy atom. The smallest absolute Gasteiger partial charge is 0.00263 e. The van der Waals surface area contributed by atoms with Crippen LogP contribution in [0, 0.1) is 13.8 Å². The summed E-state index contributed by atoms with van der Waals surface area (Å²) in [7, 11) is 0. The lowest BCUT2D eigenvalue weighted by Crippen LogP contribution is -1.94. The summed E-state index contributed by atoms with van der Waals surface area (Å²) in [5.41, 5.74) is 10.1. The van der Waals surface area contributed by atoms with E-state index in [1.54, 1.807) is 0 Å². The molecular weight excluding hydrogens is 468 g/mol. The third kappa shape index (κ3) is 3.52. The highest BCUT2D eigenvalue weighted by molar-refractivity contribution is 6.19. The molecule has 0 spiro atoms. The standard InChI is InChI=1S/C39H30/c1-24(2)37-33-17-9-11-19-35(33)39(36-20-12-10-18-34(36)37)27-21-22-28(25(3)23-27)38-26(4)29-13-5-6-14-30(29)31-15-7-8-16-32(31)38/h5-23H,1H2,2-4H3. The summed E-state index contributed by atoms with van der Waals surface area (Å²) in [6.45, 7) is 11.0. The van der Waals surface area contributed by atoms with Gasteiger partial charge in [-0.25, -0.2) is 0 Å². The van der Waals surface area contributed by atoms with E-state index in [1.165, 1.54) is 82.0 Å². The van der Waals surface area contributed by atoms with Crippen molar-refractivity contribution >= 4 is 48.7 Å². The number of benzene rings is 7. The quantitative estimate of drug-likeness (QED) is 0.168. The zero-order valence-corrected chi connectivity index (χ0v) is 22.7. The van der Waals surface area contributed by atoms with E-state index < -0.39 is 0 Å². The van der Waals surface area contributed by atoms with Crippen LogP contribution in [0.15, 0.2) is 122 Å². The Kier molecular flexibility index (Phi) is 5.39. The zero-order valence-electron chi connectivity index (χ0n) is 22.7. The predicted molar refractivity (Wildman–Crippen MR) is 172 cm³/mol. The van der Waals surface area contributed by atoms with E-state index >= 15 is 0 Å². The minimum absolute atomic E-state index is 1.10. The second kappa shape index (κ2) is 8.96. The highest BCUT2D eigenvalue weighted by atomic mass is 14.2. The van der Waals surface area contributed by atoms with Crippen LogP contribution in [-0.2, 0) is 0 Å². The number of rotatable bonds is 3. The summed E-state index contributed by atoms with van der Waals surface area (Å²) < 4.78 is 0. The van der Waals surface area contributed by atoms with Crippen LogP contribution in [0.25, 0.3) is 70.9 Å². The molecular formula is C39H30. The van der Waals surface area contributed by atoms with Crippen molar-refractivity contribution < 1.29 is 0 Å². The summed E-state index contributed by atoms with van der Waals surface area (Å²) in [5, 5.41) is 10.3. The van der Waals surface area contributed by atoms with E-state index in [2.05, 4.69) is 143 Å². The minimum atomic E-state index is 1.10. The fourth-order valence-electron chi connectivity index (χ4n) is 6.66. The third-order valence-electron chi connectivity index (χ3n) is 8.34. The molecule has 39 heavy (non-hydrogen) atoms. The summed E-state index contributed by atoms with van der Waals surface area (Å²) in [6, 6.07) is 42.2. The molecule has 7 aromatic rings. The lowest BCUT2D eigenvalue weighted by atomic mass is 9.84. The fourth-order valence-corrected chi connectivity index (χ4v) is 6.66. The summed E-state index contributed by atoms with van der Waals surface area (Å²) >= 11 is 0. The van der Waals surface area contributed by atoms with Gasteiger partial charge in [-0.1, -0.05) is 122 Å². The molecule has 0 N–H and O–H groups in total. The Balaban J connectivity index is 1.53. The predicted octanol–water partition coefficient (Wildman–Crippen LogP) is 11.3.